The van der Waals surface area contributed by atoms with Crippen molar-refractivity contribution in [3.63, 3.8) is 0 Å². The molecular weight excluding hydrogens is 258 g/mol. The van der Waals surface area contributed by atoms with E-state index in [1.54, 1.807) is 0 Å². The zero-order chi connectivity index (χ0) is 15.2. The van der Waals surface area contributed by atoms with Gasteiger partial charge in [-0.3, -0.25) is 0 Å². The van der Waals surface area contributed by atoms with Crippen molar-refractivity contribution in [1.29, 1.82) is 0 Å². The van der Waals surface area contributed by atoms with Crippen molar-refractivity contribution < 1.29 is 0 Å². The van der Waals surface area contributed by atoms with Gasteiger partial charge in [0, 0.05) is 23.9 Å². The number of aryl methyl sites for hydroxylation is 1. The molecule has 0 atom stereocenters. The van der Waals surface area contributed by atoms with Crippen LogP contribution in [0.5, 0.6) is 0 Å². The molecule has 0 unspecified atom stereocenters. The molecule has 3 nitrogen and oxygen atoms in total. The van der Waals surface area contributed by atoms with Crippen LogP contribution in [0.2, 0.25) is 0 Å². The predicted molar refractivity (Wildman–Crippen MR) is 89.7 cm³/mol. The van der Waals surface area contributed by atoms with E-state index in [0.29, 0.717) is 5.92 Å². The Morgan fingerprint density at radius 3 is 2.33 bits per heavy atom. The average Bonchev–Trinajstić information content (AvgIpc) is 2.52. The van der Waals surface area contributed by atoms with E-state index in [0.717, 1.165) is 42.3 Å². The van der Waals surface area contributed by atoms with Gasteiger partial charge in [-0.05, 0) is 24.3 Å². The number of benzene rings is 1. The molecule has 0 fully saturated rings. The molecule has 1 heterocycles. The molecule has 0 spiro atoms. The summed E-state index contributed by atoms with van der Waals surface area (Å²) in [5, 5.41) is 3.37. The van der Waals surface area contributed by atoms with Gasteiger partial charge < -0.3 is 5.32 Å². The summed E-state index contributed by atoms with van der Waals surface area (Å²) in [5.74, 6) is 2.12. The van der Waals surface area contributed by atoms with Crippen molar-refractivity contribution in [1.82, 2.24) is 9.97 Å². The van der Waals surface area contributed by atoms with Crippen LogP contribution < -0.4 is 5.32 Å². The highest BCUT2D eigenvalue weighted by Crippen LogP contribution is 2.22. The minimum atomic E-state index is 0.392. The number of hydrogen-bond donors (Lipinski definition) is 1. The van der Waals surface area contributed by atoms with Crippen LogP contribution >= 0.6 is 0 Å². The van der Waals surface area contributed by atoms with Crippen LogP contribution in [0.15, 0.2) is 30.3 Å². The second-order valence-corrected chi connectivity index (χ2v) is 5.63. The molecule has 112 valence electrons. The lowest BCUT2D eigenvalue weighted by Gasteiger charge is -2.12. The van der Waals surface area contributed by atoms with Crippen molar-refractivity contribution in [3.05, 3.63) is 41.6 Å². The third kappa shape index (κ3) is 4.03. The lowest BCUT2D eigenvalue weighted by Crippen LogP contribution is -2.06. The molecule has 2 aromatic rings. The molecule has 0 saturated heterocycles. The first kappa shape index (κ1) is 15.5. The topological polar surface area (TPSA) is 37.8 Å². The number of nitrogens with one attached hydrogen (secondary N) is 1. The van der Waals surface area contributed by atoms with E-state index in [4.69, 9.17) is 4.98 Å². The van der Waals surface area contributed by atoms with Gasteiger partial charge in [0.1, 0.15) is 5.82 Å². The lowest BCUT2D eigenvalue weighted by atomic mass is 10.1. The summed E-state index contributed by atoms with van der Waals surface area (Å²) in [6.45, 7) is 9.58. The first-order chi connectivity index (χ1) is 10.1. The lowest BCUT2D eigenvalue weighted by molar-refractivity contribution is 0.816. The number of hydrogen-bond acceptors (Lipinski definition) is 3. The maximum absolute atomic E-state index is 4.72. The van der Waals surface area contributed by atoms with Gasteiger partial charge in [0.05, 0.1) is 0 Å². The largest absolute Gasteiger partial charge is 0.370 e. The Balaban J connectivity index is 2.37. The molecule has 1 aromatic heterocycles. The normalized spacial score (nSPS) is 10.9. The zero-order valence-corrected chi connectivity index (χ0v) is 13.5. The third-order valence-electron chi connectivity index (χ3n) is 3.51. The molecule has 0 saturated carbocycles. The van der Waals surface area contributed by atoms with Crippen molar-refractivity contribution in [2.24, 2.45) is 0 Å². The molecule has 3 heteroatoms. The Hall–Kier alpha value is -1.90. The molecule has 0 aliphatic rings. The molecule has 0 amide bonds. The first-order valence-electron chi connectivity index (χ1n) is 7.86. The monoisotopic (exact) mass is 283 g/mol. The van der Waals surface area contributed by atoms with E-state index in [2.05, 4.69) is 68.3 Å². The quantitative estimate of drug-likeness (QED) is 0.838. The summed E-state index contributed by atoms with van der Waals surface area (Å²) in [7, 11) is 0. The van der Waals surface area contributed by atoms with E-state index < -0.39 is 0 Å². The van der Waals surface area contributed by atoms with Crippen LogP contribution in [0.25, 0.3) is 11.4 Å². The molecule has 0 aliphatic heterocycles. The summed E-state index contributed by atoms with van der Waals surface area (Å²) in [6.07, 6.45) is 2.14. The van der Waals surface area contributed by atoms with Gasteiger partial charge in [-0.15, -0.1) is 0 Å². The van der Waals surface area contributed by atoms with E-state index in [-0.39, 0.29) is 0 Å². The summed E-state index contributed by atoms with van der Waals surface area (Å²) in [6, 6.07) is 10.6. The molecular formula is C18H25N3. The van der Waals surface area contributed by atoms with Crippen molar-refractivity contribution in [2.75, 3.05) is 11.9 Å². The molecule has 2 rings (SSSR count). The van der Waals surface area contributed by atoms with Gasteiger partial charge in [0.2, 0.25) is 0 Å². The van der Waals surface area contributed by atoms with Crippen LogP contribution in [0.3, 0.4) is 0 Å². The Bertz CT molecular complexity index is 574. The molecule has 1 N–H and O–H groups in total. The standard InChI is InChI=1S/C18H25N3/c1-5-11-19-17-12-16(13(3)4)20-18(21-17)15-9-7-14(6-2)8-10-15/h7-10,12-13H,5-6,11H2,1-4H3,(H,19,20,21). The highest BCUT2D eigenvalue weighted by Gasteiger charge is 2.09. The Labute approximate surface area is 127 Å². The molecule has 0 radical (unpaired) electrons. The highest BCUT2D eigenvalue weighted by molar-refractivity contribution is 5.58. The third-order valence-corrected chi connectivity index (χ3v) is 3.51. The highest BCUT2D eigenvalue weighted by atomic mass is 15.0. The summed E-state index contributed by atoms with van der Waals surface area (Å²) < 4.78 is 0. The van der Waals surface area contributed by atoms with E-state index >= 15 is 0 Å². The van der Waals surface area contributed by atoms with Crippen molar-refractivity contribution >= 4 is 5.82 Å². The summed E-state index contributed by atoms with van der Waals surface area (Å²) in [5.41, 5.74) is 3.50. The Morgan fingerprint density at radius 1 is 1.05 bits per heavy atom. The van der Waals surface area contributed by atoms with E-state index in [9.17, 15) is 0 Å². The fourth-order valence-electron chi connectivity index (χ4n) is 2.12. The number of aromatic nitrogens is 2. The van der Waals surface area contributed by atoms with Crippen LogP contribution in [0, 0.1) is 0 Å². The van der Waals surface area contributed by atoms with Gasteiger partial charge in [-0.2, -0.15) is 0 Å². The maximum Gasteiger partial charge on any atom is 0.161 e. The molecule has 21 heavy (non-hydrogen) atoms. The molecule has 1 aromatic carbocycles. The van der Waals surface area contributed by atoms with Crippen molar-refractivity contribution in [3.8, 4) is 11.4 Å². The van der Waals surface area contributed by atoms with Crippen LogP contribution in [-0.4, -0.2) is 16.5 Å². The van der Waals surface area contributed by atoms with E-state index in [1.165, 1.54) is 5.56 Å². The van der Waals surface area contributed by atoms with Crippen LogP contribution in [0.1, 0.15) is 51.3 Å². The summed E-state index contributed by atoms with van der Waals surface area (Å²) in [4.78, 5) is 9.37. The SMILES string of the molecule is CCCNc1cc(C(C)C)nc(-c2ccc(CC)cc2)n1. The van der Waals surface area contributed by atoms with Gasteiger partial charge in [0.25, 0.3) is 0 Å². The minimum Gasteiger partial charge on any atom is -0.370 e. The van der Waals surface area contributed by atoms with Gasteiger partial charge in [0.15, 0.2) is 5.82 Å². The number of nitrogens with zero attached hydrogens (tertiary/aromatic N) is 2. The van der Waals surface area contributed by atoms with Gasteiger partial charge >= 0.3 is 0 Å². The Morgan fingerprint density at radius 2 is 1.76 bits per heavy atom. The maximum atomic E-state index is 4.72. The summed E-state index contributed by atoms with van der Waals surface area (Å²) >= 11 is 0. The second-order valence-electron chi connectivity index (χ2n) is 5.63. The number of anilines is 1. The second kappa shape index (κ2) is 7.21. The van der Waals surface area contributed by atoms with E-state index in [1.807, 2.05) is 0 Å². The van der Waals surface area contributed by atoms with Gasteiger partial charge in [-0.1, -0.05) is 52.0 Å². The molecule has 0 bridgehead atoms. The van der Waals surface area contributed by atoms with Crippen molar-refractivity contribution in [2.45, 2.75) is 46.5 Å². The Kier molecular flexibility index (Phi) is 5.32. The fraction of sp³-hybridized carbons (Fsp3) is 0.444. The first-order valence-corrected chi connectivity index (χ1v) is 7.86. The zero-order valence-electron chi connectivity index (χ0n) is 13.5. The average molecular weight is 283 g/mol. The number of rotatable bonds is 6. The fourth-order valence-corrected chi connectivity index (χ4v) is 2.12. The molecule has 0 aliphatic carbocycles. The van der Waals surface area contributed by atoms with Crippen LogP contribution in [-0.2, 0) is 6.42 Å². The smallest absolute Gasteiger partial charge is 0.161 e. The minimum absolute atomic E-state index is 0.392. The van der Waals surface area contributed by atoms with Gasteiger partial charge in [-0.25, -0.2) is 9.97 Å². The predicted octanol–water partition coefficient (Wildman–Crippen LogP) is 4.65. The van der Waals surface area contributed by atoms with Crippen LogP contribution in [0.4, 0.5) is 5.82 Å².